The zero-order valence-electron chi connectivity index (χ0n) is 7.40. The maximum atomic E-state index is 5.32. The third-order valence-corrected chi connectivity index (χ3v) is 1.50. The van der Waals surface area contributed by atoms with Crippen LogP contribution in [0, 0.1) is 0 Å². The molecule has 1 aromatic carbocycles. The molecule has 1 rings (SSSR count). The minimum absolute atomic E-state index is 0. The fourth-order valence-electron chi connectivity index (χ4n) is 0.895. The fraction of sp³-hybridized carbons (Fsp3) is 0.333. The summed E-state index contributed by atoms with van der Waals surface area (Å²) in [4.78, 5) is 0. The number of ether oxygens (including phenoxy) is 1. The van der Waals surface area contributed by atoms with Crippen LogP contribution in [0.5, 0.6) is 0 Å². The number of hydrogen-bond acceptors (Lipinski definition) is 3. The third kappa shape index (κ3) is 5.60. The number of nitrogens with one attached hydrogen (secondary N) is 1. The van der Waals surface area contributed by atoms with Crippen LogP contribution in [-0.2, 0) is 11.3 Å². The van der Waals surface area contributed by atoms with Crippen LogP contribution in [0.25, 0.3) is 0 Å². The Kier molecular flexibility index (Phi) is 7.63. The van der Waals surface area contributed by atoms with E-state index in [9.17, 15) is 0 Å². The lowest BCUT2D eigenvalue weighted by atomic mass is 10.2. The summed E-state index contributed by atoms with van der Waals surface area (Å²) < 4.78 is 5.32. The van der Waals surface area contributed by atoms with E-state index in [0.717, 1.165) is 0 Å². The molecule has 0 unspecified atom stereocenters. The Morgan fingerprint density at radius 3 is 2.54 bits per heavy atom. The van der Waals surface area contributed by atoms with Crippen LogP contribution < -0.4 is 11.3 Å². The highest BCUT2D eigenvalue weighted by atomic mass is 35.5. The van der Waals surface area contributed by atoms with Crippen molar-refractivity contribution >= 4 is 12.4 Å². The highest BCUT2D eigenvalue weighted by Crippen LogP contribution is 1.99. The van der Waals surface area contributed by atoms with Crippen molar-refractivity contribution in [1.82, 2.24) is 5.43 Å². The van der Waals surface area contributed by atoms with E-state index in [1.165, 1.54) is 5.56 Å². The second-order valence-corrected chi connectivity index (χ2v) is 2.49. The molecule has 3 nitrogen and oxygen atoms in total. The molecular weight excluding hydrogens is 188 g/mol. The normalized spacial score (nSPS) is 9.31. The molecule has 0 aliphatic heterocycles. The quantitative estimate of drug-likeness (QED) is 0.427. The molecule has 1 aromatic rings. The largest absolute Gasteiger partial charge is 0.375 e. The van der Waals surface area contributed by atoms with Crippen molar-refractivity contribution < 1.29 is 4.74 Å². The van der Waals surface area contributed by atoms with Crippen molar-refractivity contribution in [2.45, 2.75) is 6.61 Å². The van der Waals surface area contributed by atoms with E-state index in [0.29, 0.717) is 19.8 Å². The number of nitrogens with two attached hydrogens (primary N) is 1. The summed E-state index contributed by atoms with van der Waals surface area (Å²) in [6.45, 7) is 1.99. The molecule has 0 heterocycles. The monoisotopic (exact) mass is 202 g/mol. The Labute approximate surface area is 84.7 Å². The van der Waals surface area contributed by atoms with E-state index >= 15 is 0 Å². The van der Waals surface area contributed by atoms with Gasteiger partial charge in [-0.05, 0) is 5.56 Å². The van der Waals surface area contributed by atoms with Crippen molar-refractivity contribution in [3.63, 3.8) is 0 Å². The first-order valence-electron chi connectivity index (χ1n) is 3.98. The standard InChI is InChI=1S/C9H14N2O.ClH/c10-11-6-7-12-8-9-4-2-1-3-5-9;/h1-5,11H,6-8,10H2;1H. The molecule has 0 saturated heterocycles. The van der Waals surface area contributed by atoms with Crippen molar-refractivity contribution in [1.29, 1.82) is 0 Å². The minimum Gasteiger partial charge on any atom is -0.375 e. The van der Waals surface area contributed by atoms with Gasteiger partial charge in [0.25, 0.3) is 0 Å². The van der Waals surface area contributed by atoms with Crippen LogP contribution in [0.3, 0.4) is 0 Å². The Morgan fingerprint density at radius 1 is 1.23 bits per heavy atom. The van der Waals surface area contributed by atoms with Gasteiger partial charge in [0.05, 0.1) is 13.2 Å². The summed E-state index contributed by atoms with van der Waals surface area (Å²) >= 11 is 0. The molecule has 0 aliphatic carbocycles. The second-order valence-electron chi connectivity index (χ2n) is 2.49. The lowest BCUT2D eigenvalue weighted by Gasteiger charge is -2.02. The maximum Gasteiger partial charge on any atom is 0.0717 e. The predicted octanol–water partition coefficient (Wildman–Crippen LogP) is 1.09. The molecule has 3 N–H and O–H groups in total. The van der Waals surface area contributed by atoms with Gasteiger partial charge in [-0.3, -0.25) is 11.3 Å². The Balaban J connectivity index is 0.00000144. The number of hydrazine groups is 1. The molecule has 0 radical (unpaired) electrons. The smallest absolute Gasteiger partial charge is 0.0717 e. The zero-order chi connectivity index (χ0) is 8.65. The van der Waals surface area contributed by atoms with Crippen molar-refractivity contribution in [2.24, 2.45) is 5.84 Å². The highest BCUT2D eigenvalue weighted by molar-refractivity contribution is 5.85. The Morgan fingerprint density at radius 2 is 1.92 bits per heavy atom. The molecule has 0 saturated carbocycles. The van der Waals surface area contributed by atoms with Crippen molar-refractivity contribution in [2.75, 3.05) is 13.2 Å². The molecule has 13 heavy (non-hydrogen) atoms. The summed E-state index contributed by atoms with van der Waals surface area (Å²) in [5, 5.41) is 0. The number of hydrogen-bond donors (Lipinski definition) is 2. The van der Waals surface area contributed by atoms with Crippen LogP contribution in [-0.4, -0.2) is 13.2 Å². The van der Waals surface area contributed by atoms with Gasteiger partial charge in [0, 0.05) is 6.54 Å². The van der Waals surface area contributed by atoms with E-state index in [2.05, 4.69) is 5.43 Å². The molecule has 4 heteroatoms. The lowest BCUT2D eigenvalue weighted by Crippen LogP contribution is -2.26. The molecular formula is C9H15ClN2O. The summed E-state index contributed by atoms with van der Waals surface area (Å²) in [5.41, 5.74) is 3.72. The average Bonchev–Trinajstić information content (AvgIpc) is 2.14. The summed E-state index contributed by atoms with van der Waals surface area (Å²) in [7, 11) is 0. The molecule has 0 aliphatic rings. The third-order valence-electron chi connectivity index (χ3n) is 1.50. The SMILES string of the molecule is Cl.NNCCOCc1ccccc1. The van der Waals surface area contributed by atoms with Gasteiger partial charge in [0.15, 0.2) is 0 Å². The second kappa shape index (κ2) is 8.01. The first-order valence-corrected chi connectivity index (χ1v) is 3.98. The van der Waals surface area contributed by atoms with E-state index < -0.39 is 0 Å². The van der Waals surface area contributed by atoms with Crippen LogP contribution in [0.15, 0.2) is 30.3 Å². The van der Waals surface area contributed by atoms with Gasteiger partial charge in [-0.25, -0.2) is 0 Å². The predicted molar refractivity (Wildman–Crippen MR) is 55.5 cm³/mol. The number of benzene rings is 1. The summed E-state index contributed by atoms with van der Waals surface area (Å²) in [5.74, 6) is 5.08. The molecule has 0 fully saturated rings. The van der Waals surface area contributed by atoms with Crippen LogP contribution in [0.4, 0.5) is 0 Å². The molecule has 0 spiro atoms. The van der Waals surface area contributed by atoms with Crippen LogP contribution >= 0.6 is 12.4 Å². The van der Waals surface area contributed by atoms with Gasteiger partial charge in [-0.2, -0.15) is 0 Å². The van der Waals surface area contributed by atoms with E-state index in [1.54, 1.807) is 0 Å². The van der Waals surface area contributed by atoms with E-state index in [-0.39, 0.29) is 12.4 Å². The van der Waals surface area contributed by atoms with Crippen molar-refractivity contribution in [3.05, 3.63) is 35.9 Å². The van der Waals surface area contributed by atoms with Gasteiger partial charge >= 0.3 is 0 Å². The number of rotatable bonds is 5. The first-order chi connectivity index (χ1) is 5.93. The molecule has 74 valence electrons. The first kappa shape index (κ1) is 12.4. The van der Waals surface area contributed by atoms with Gasteiger partial charge in [0.1, 0.15) is 0 Å². The molecule has 0 atom stereocenters. The zero-order valence-corrected chi connectivity index (χ0v) is 8.22. The fourth-order valence-corrected chi connectivity index (χ4v) is 0.895. The van der Waals surface area contributed by atoms with E-state index in [1.807, 2.05) is 30.3 Å². The van der Waals surface area contributed by atoms with Gasteiger partial charge in [-0.15, -0.1) is 12.4 Å². The summed E-state index contributed by atoms with van der Waals surface area (Å²) in [6, 6.07) is 10.1. The molecule has 0 amide bonds. The topological polar surface area (TPSA) is 47.3 Å². The Hall–Kier alpha value is -0.610. The van der Waals surface area contributed by atoms with Crippen LogP contribution in [0.2, 0.25) is 0 Å². The summed E-state index contributed by atoms with van der Waals surface area (Å²) in [6.07, 6.45) is 0. The van der Waals surface area contributed by atoms with Crippen molar-refractivity contribution in [3.8, 4) is 0 Å². The van der Waals surface area contributed by atoms with E-state index in [4.69, 9.17) is 10.6 Å². The lowest BCUT2D eigenvalue weighted by molar-refractivity contribution is 0.123. The number of halogens is 1. The average molecular weight is 203 g/mol. The van der Waals surface area contributed by atoms with Gasteiger partial charge in [-0.1, -0.05) is 30.3 Å². The maximum absolute atomic E-state index is 5.32. The highest BCUT2D eigenvalue weighted by Gasteiger charge is 1.89. The van der Waals surface area contributed by atoms with Crippen LogP contribution in [0.1, 0.15) is 5.56 Å². The van der Waals surface area contributed by atoms with Gasteiger partial charge < -0.3 is 4.74 Å². The minimum atomic E-state index is 0. The molecule has 0 bridgehead atoms. The van der Waals surface area contributed by atoms with Gasteiger partial charge in [0.2, 0.25) is 0 Å². The molecule has 0 aromatic heterocycles. The Bertz CT molecular complexity index is 206.